The molecule has 1 unspecified atom stereocenters. The average Bonchev–Trinajstić information content (AvgIpc) is 2.16. The van der Waals surface area contributed by atoms with Crippen LogP contribution in [0.2, 0.25) is 0 Å². The molecule has 1 aromatic heterocycles. The van der Waals surface area contributed by atoms with Crippen LogP contribution in [0.25, 0.3) is 0 Å². The summed E-state index contributed by atoms with van der Waals surface area (Å²) < 4.78 is 0. The highest BCUT2D eigenvalue weighted by Crippen LogP contribution is 2.26. The van der Waals surface area contributed by atoms with Crippen molar-refractivity contribution in [1.29, 1.82) is 0 Å². The van der Waals surface area contributed by atoms with Gasteiger partial charge < -0.3 is 0 Å². The summed E-state index contributed by atoms with van der Waals surface area (Å²) in [6.45, 7) is 2.13. The maximum Gasteiger partial charge on any atom is 0.117 e. The minimum Gasteiger partial charge on any atom is -0.247 e. The number of thioether (sulfide) groups is 1. The Balaban J connectivity index is 3.07. The Kier molecular flexibility index (Phi) is 3.19. The normalized spacial score (nSPS) is 12.1. The summed E-state index contributed by atoms with van der Waals surface area (Å²) in [5.74, 6) is 2.59. The number of pyridine rings is 1. The highest BCUT2D eigenvalue weighted by Gasteiger charge is 2.07. The van der Waals surface area contributed by atoms with Crippen LogP contribution in [0.1, 0.15) is 23.4 Å². The summed E-state index contributed by atoms with van der Waals surface area (Å²) in [6, 6.07) is 3.95. The summed E-state index contributed by atoms with van der Waals surface area (Å²) in [5, 5.41) is 0.421. The Morgan fingerprint density at radius 3 is 3.00 bits per heavy atom. The number of nitrogens with zero attached hydrogens (tertiary/aromatic N) is 1. The topological polar surface area (TPSA) is 12.9 Å². The van der Waals surface area contributed by atoms with Crippen molar-refractivity contribution in [2.45, 2.75) is 12.2 Å². The van der Waals surface area contributed by atoms with Crippen molar-refractivity contribution in [2.24, 2.45) is 0 Å². The minimum atomic E-state index is 0.421. The lowest BCUT2D eigenvalue weighted by Crippen LogP contribution is -1.94. The van der Waals surface area contributed by atoms with Gasteiger partial charge in [0.25, 0.3) is 0 Å². The molecule has 2 heteroatoms. The molecule has 1 heterocycles. The summed E-state index contributed by atoms with van der Waals surface area (Å²) in [4.78, 5) is 4.12. The van der Waals surface area contributed by atoms with E-state index in [-0.39, 0.29) is 0 Å². The lowest BCUT2D eigenvalue weighted by Gasteiger charge is -2.09. The predicted octanol–water partition coefficient (Wildman–Crippen LogP) is 2.49. The molecule has 1 atom stereocenters. The van der Waals surface area contributed by atoms with E-state index in [0.717, 1.165) is 11.3 Å². The Labute approximate surface area is 77.6 Å². The molecule has 0 saturated heterocycles. The van der Waals surface area contributed by atoms with Crippen molar-refractivity contribution >= 4 is 11.8 Å². The molecular formula is C10H11NS. The molecule has 0 aliphatic rings. The minimum absolute atomic E-state index is 0.421. The summed E-state index contributed by atoms with van der Waals surface area (Å²) in [7, 11) is 0. The van der Waals surface area contributed by atoms with Crippen LogP contribution in [0.15, 0.2) is 18.3 Å². The Hall–Kier alpha value is -0.940. The van der Waals surface area contributed by atoms with E-state index in [0.29, 0.717) is 5.25 Å². The molecule has 12 heavy (non-hydrogen) atoms. The van der Waals surface area contributed by atoms with E-state index >= 15 is 0 Å². The molecule has 0 amide bonds. The van der Waals surface area contributed by atoms with Crippen LogP contribution in [0.4, 0.5) is 0 Å². The Bertz CT molecular complexity index is 301. The summed E-state index contributed by atoms with van der Waals surface area (Å²) in [6.07, 6.45) is 9.12. The van der Waals surface area contributed by atoms with Crippen LogP contribution in [0.3, 0.4) is 0 Å². The van der Waals surface area contributed by atoms with Crippen LogP contribution in [-0.4, -0.2) is 11.2 Å². The summed E-state index contributed by atoms with van der Waals surface area (Å²) in [5.41, 5.74) is 1.91. The molecule has 0 N–H and O–H groups in total. The van der Waals surface area contributed by atoms with Crippen LogP contribution in [-0.2, 0) is 0 Å². The third-order valence-electron chi connectivity index (χ3n) is 1.77. The van der Waals surface area contributed by atoms with Gasteiger partial charge in [0, 0.05) is 11.4 Å². The maximum absolute atomic E-state index is 5.32. The SMILES string of the molecule is C#Cc1ncccc1C(C)SC. The molecule has 0 fully saturated rings. The molecule has 62 valence electrons. The molecule has 0 aliphatic heterocycles. The van der Waals surface area contributed by atoms with Gasteiger partial charge in [0.15, 0.2) is 0 Å². The van der Waals surface area contributed by atoms with Gasteiger partial charge in [-0.2, -0.15) is 11.8 Å². The maximum atomic E-state index is 5.32. The number of hydrogen-bond donors (Lipinski definition) is 0. The highest BCUT2D eigenvalue weighted by molar-refractivity contribution is 7.98. The predicted molar refractivity (Wildman–Crippen MR) is 54.1 cm³/mol. The van der Waals surface area contributed by atoms with Crippen molar-refractivity contribution in [3.8, 4) is 12.3 Å². The first-order chi connectivity index (χ1) is 5.79. The largest absolute Gasteiger partial charge is 0.247 e. The molecule has 0 saturated carbocycles. The van der Waals surface area contributed by atoms with Gasteiger partial charge in [-0.15, -0.1) is 6.42 Å². The molecule has 0 aliphatic carbocycles. The van der Waals surface area contributed by atoms with Gasteiger partial charge >= 0.3 is 0 Å². The molecule has 1 rings (SSSR count). The number of terminal acetylenes is 1. The van der Waals surface area contributed by atoms with Crippen molar-refractivity contribution in [2.75, 3.05) is 6.26 Å². The van der Waals surface area contributed by atoms with E-state index in [1.165, 1.54) is 0 Å². The fourth-order valence-electron chi connectivity index (χ4n) is 0.993. The van der Waals surface area contributed by atoms with Crippen LogP contribution >= 0.6 is 11.8 Å². The second kappa shape index (κ2) is 4.18. The lowest BCUT2D eigenvalue weighted by molar-refractivity contribution is 1.06. The van der Waals surface area contributed by atoms with E-state index in [1.54, 1.807) is 18.0 Å². The molecule has 0 aromatic carbocycles. The number of aromatic nitrogens is 1. The fraction of sp³-hybridized carbons (Fsp3) is 0.300. The standard InChI is InChI=1S/C10H11NS/c1-4-10-9(8(2)12-3)6-5-7-11-10/h1,5-8H,2-3H3. The smallest absolute Gasteiger partial charge is 0.117 e. The molecule has 1 nitrogen and oxygen atoms in total. The number of hydrogen-bond acceptors (Lipinski definition) is 2. The zero-order valence-corrected chi connectivity index (χ0v) is 8.06. The van der Waals surface area contributed by atoms with Crippen molar-refractivity contribution in [1.82, 2.24) is 4.98 Å². The van der Waals surface area contributed by atoms with E-state index in [2.05, 4.69) is 24.1 Å². The van der Waals surface area contributed by atoms with E-state index in [9.17, 15) is 0 Å². The third kappa shape index (κ3) is 1.80. The lowest BCUT2D eigenvalue weighted by atomic mass is 10.1. The fourth-order valence-corrected chi connectivity index (χ4v) is 1.44. The first kappa shape index (κ1) is 9.15. The molecular weight excluding hydrogens is 166 g/mol. The van der Waals surface area contributed by atoms with Gasteiger partial charge in [0.1, 0.15) is 5.69 Å². The molecule has 0 radical (unpaired) electrons. The third-order valence-corrected chi connectivity index (χ3v) is 2.73. The second-order valence-corrected chi connectivity index (χ2v) is 3.64. The van der Waals surface area contributed by atoms with Crippen molar-refractivity contribution in [3.63, 3.8) is 0 Å². The Morgan fingerprint density at radius 2 is 2.42 bits per heavy atom. The molecule has 0 spiro atoms. The van der Waals surface area contributed by atoms with E-state index < -0.39 is 0 Å². The van der Waals surface area contributed by atoms with Gasteiger partial charge in [0.05, 0.1) is 0 Å². The second-order valence-electron chi connectivity index (χ2n) is 2.46. The van der Waals surface area contributed by atoms with Gasteiger partial charge in [-0.1, -0.05) is 6.07 Å². The van der Waals surface area contributed by atoms with Gasteiger partial charge in [-0.05, 0) is 30.7 Å². The Morgan fingerprint density at radius 1 is 1.67 bits per heavy atom. The number of rotatable bonds is 2. The first-order valence-electron chi connectivity index (χ1n) is 3.74. The zero-order chi connectivity index (χ0) is 8.97. The van der Waals surface area contributed by atoms with Crippen LogP contribution < -0.4 is 0 Å². The highest BCUT2D eigenvalue weighted by atomic mass is 32.2. The van der Waals surface area contributed by atoms with Crippen molar-refractivity contribution in [3.05, 3.63) is 29.6 Å². The molecule has 1 aromatic rings. The van der Waals surface area contributed by atoms with Crippen LogP contribution in [0, 0.1) is 12.3 Å². The van der Waals surface area contributed by atoms with Gasteiger partial charge in [-0.25, -0.2) is 4.98 Å². The van der Waals surface area contributed by atoms with Gasteiger partial charge in [0.2, 0.25) is 0 Å². The van der Waals surface area contributed by atoms with Crippen LogP contribution in [0.5, 0.6) is 0 Å². The van der Waals surface area contributed by atoms with Crippen molar-refractivity contribution < 1.29 is 0 Å². The monoisotopic (exact) mass is 177 g/mol. The summed E-state index contributed by atoms with van der Waals surface area (Å²) >= 11 is 1.77. The first-order valence-corrected chi connectivity index (χ1v) is 5.02. The zero-order valence-electron chi connectivity index (χ0n) is 7.24. The molecule has 0 bridgehead atoms. The average molecular weight is 177 g/mol. The van der Waals surface area contributed by atoms with Gasteiger partial charge in [-0.3, -0.25) is 0 Å². The quantitative estimate of drug-likeness (QED) is 0.644. The van der Waals surface area contributed by atoms with E-state index in [1.807, 2.05) is 12.1 Å². The van der Waals surface area contributed by atoms with E-state index in [4.69, 9.17) is 6.42 Å².